The van der Waals surface area contributed by atoms with Crippen molar-refractivity contribution >= 4 is 28.2 Å². The molecule has 2 saturated heterocycles. The standard InChI is InChI=1S/C25H34N4O3S/c30-24(22-9-5-14-26-23(22)28-17-12-25(13-18-28)10-6-11-25)27-20-7-4-8-21(19-20)33(31,32)29-15-2-1-3-16-29/h4-5,7-9,14,19,31-32H,1-3,6,10-13,15-18H2,(H,27,30). The summed E-state index contributed by atoms with van der Waals surface area (Å²) in [5, 5.41) is 2.96. The van der Waals surface area contributed by atoms with Crippen LogP contribution in [0.4, 0.5) is 11.5 Å². The zero-order valence-corrected chi connectivity index (χ0v) is 19.9. The second-order valence-electron chi connectivity index (χ2n) is 9.71. The molecule has 3 fully saturated rings. The van der Waals surface area contributed by atoms with Crippen LogP contribution >= 0.6 is 10.8 Å². The van der Waals surface area contributed by atoms with Gasteiger partial charge in [0.05, 0.1) is 10.5 Å². The number of nitrogens with zero attached hydrogens (tertiary/aromatic N) is 3. The first-order valence-corrected chi connectivity index (χ1v) is 13.6. The topological polar surface area (TPSA) is 88.9 Å². The number of rotatable bonds is 5. The lowest BCUT2D eigenvalue weighted by Crippen LogP contribution is -2.44. The molecule has 0 radical (unpaired) electrons. The van der Waals surface area contributed by atoms with Crippen LogP contribution in [0, 0.1) is 5.41 Å². The van der Waals surface area contributed by atoms with E-state index in [0.29, 0.717) is 34.7 Å². The summed E-state index contributed by atoms with van der Waals surface area (Å²) in [7, 11) is -3.06. The van der Waals surface area contributed by atoms with Crippen molar-refractivity contribution in [2.45, 2.75) is 56.3 Å². The normalized spacial score (nSPS) is 21.5. The Kier molecular flexibility index (Phi) is 6.35. The van der Waals surface area contributed by atoms with E-state index in [4.69, 9.17) is 0 Å². The number of hydrogen-bond donors (Lipinski definition) is 3. The van der Waals surface area contributed by atoms with Crippen LogP contribution < -0.4 is 10.2 Å². The molecule has 0 atom stereocenters. The van der Waals surface area contributed by atoms with Crippen molar-refractivity contribution in [3.63, 3.8) is 0 Å². The zero-order valence-electron chi connectivity index (χ0n) is 19.1. The molecular weight excluding hydrogens is 436 g/mol. The molecule has 7 nitrogen and oxygen atoms in total. The van der Waals surface area contributed by atoms with Gasteiger partial charge in [-0.15, -0.1) is 10.8 Å². The number of piperidine rings is 2. The van der Waals surface area contributed by atoms with Gasteiger partial charge in [0.25, 0.3) is 5.91 Å². The molecule has 1 aromatic carbocycles. The van der Waals surface area contributed by atoms with Crippen LogP contribution in [-0.2, 0) is 0 Å². The van der Waals surface area contributed by atoms with Gasteiger partial charge in [0, 0.05) is 38.1 Å². The van der Waals surface area contributed by atoms with E-state index in [0.717, 1.165) is 38.2 Å². The molecule has 1 spiro atoms. The molecule has 2 aromatic rings. The fourth-order valence-corrected chi connectivity index (χ4v) is 7.02. The van der Waals surface area contributed by atoms with E-state index in [2.05, 4.69) is 15.2 Å². The summed E-state index contributed by atoms with van der Waals surface area (Å²) in [4.78, 5) is 20.5. The number of aromatic nitrogens is 1. The predicted octanol–water partition coefficient (Wildman–Crippen LogP) is 5.61. The molecule has 0 unspecified atom stereocenters. The summed E-state index contributed by atoms with van der Waals surface area (Å²) in [5.74, 6) is 0.506. The molecule has 3 heterocycles. The highest BCUT2D eigenvalue weighted by molar-refractivity contribution is 8.22. The van der Waals surface area contributed by atoms with Gasteiger partial charge in [0.2, 0.25) is 0 Å². The third-order valence-electron chi connectivity index (χ3n) is 7.65. The van der Waals surface area contributed by atoms with Crippen LogP contribution in [-0.4, -0.2) is 50.5 Å². The second-order valence-corrected chi connectivity index (χ2v) is 11.7. The number of nitrogens with one attached hydrogen (secondary N) is 1. The van der Waals surface area contributed by atoms with Gasteiger partial charge in [-0.1, -0.05) is 18.9 Å². The number of carbonyl (C=O) groups is 1. The minimum atomic E-state index is -3.06. The molecular formula is C25H34N4O3S. The quantitative estimate of drug-likeness (QED) is 0.526. The maximum atomic E-state index is 13.2. The number of hydrogen-bond acceptors (Lipinski definition) is 6. The maximum Gasteiger partial charge on any atom is 0.259 e. The van der Waals surface area contributed by atoms with Crippen LogP contribution in [0.25, 0.3) is 0 Å². The van der Waals surface area contributed by atoms with Gasteiger partial charge < -0.3 is 10.2 Å². The number of benzene rings is 1. The van der Waals surface area contributed by atoms with E-state index in [1.807, 2.05) is 6.07 Å². The van der Waals surface area contributed by atoms with E-state index >= 15 is 0 Å². The molecule has 2 aliphatic heterocycles. The Bertz CT molecular complexity index is 995. The molecule has 1 aromatic heterocycles. The van der Waals surface area contributed by atoms with Gasteiger partial charge in [0.15, 0.2) is 0 Å². The molecule has 5 rings (SSSR count). The highest BCUT2D eigenvalue weighted by Crippen LogP contribution is 2.53. The first-order valence-electron chi connectivity index (χ1n) is 12.1. The van der Waals surface area contributed by atoms with Crippen molar-refractivity contribution in [1.82, 2.24) is 9.29 Å². The molecule has 1 aliphatic carbocycles. The highest BCUT2D eigenvalue weighted by atomic mass is 32.3. The summed E-state index contributed by atoms with van der Waals surface area (Å²) in [6.07, 6.45) is 11.1. The van der Waals surface area contributed by atoms with Crippen molar-refractivity contribution in [3.8, 4) is 0 Å². The van der Waals surface area contributed by atoms with Gasteiger partial charge in [-0.25, -0.2) is 9.29 Å². The van der Waals surface area contributed by atoms with Crippen molar-refractivity contribution in [2.24, 2.45) is 5.41 Å². The average molecular weight is 471 g/mol. The van der Waals surface area contributed by atoms with Crippen LogP contribution in [0.1, 0.15) is 61.7 Å². The molecule has 3 N–H and O–H groups in total. The summed E-state index contributed by atoms with van der Waals surface area (Å²) in [6, 6.07) is 10.5. The Morgan fingerprint density at radius 1 is 0.939 bits per heavy atom. The summed E-state index contributed by atoms with van der Waals surface area (Å²) >= 11 is 0. The van der Waals surface area contributed by atoms with E-state index < -0.39 is 10.8 Å². The second kappa shape index (κ2) is 9.25. The Hall–Kier alpha value is -2.13. The largest absolute Gasteiger partial charge is 0.356 e. The van der Waals surface area contributed by atoms with Crippen molar-refractivity contribution in [3.05, 3.63) is 48.2 Å². The van der Waals surface area contributed by atoms with Gasteiger partial charge in [-0.3, -0.25) is 13.9 Å². The highest BCUT2D eigenvalue weighted by Gasteiger charge is 2.40. The number of carbonyl (C=O) groups excluding carboxylic acids is 1. The van der Waals surface area contributed by atoms with E-state index in [1.165, 1.54) is 32.1 Å². The van der Waals surface area contributed by atoms with Crippen molar-refractivity contribution in [2.75, 3.05) is 36.4 Å². The zero-order chi connectivity index (χ0) is 22.9. The number of amides is 1. The van der Waals surface area contributed by atoms with Gasteiger partial charge in [-0.05, 0) is 74.3 Å². The van der Waals surface area contributed by atoms with E-state index in [-0.39, 0.29) is 5.91 Å². The van der Waals surface area contributed by atoms with E-state index in [9.17, 15) is 13.9 Å². The van der Waals surface area contributed by atoms with Crippen molar-refractivity contribution < 1.29 is 13.9 Å². The molecule has 33 heavy (non-hydrogen) atoms. The van der Waals surface area contributed by atoms with Crippen LogP contribution in [0.2, 0.25) is 0 Å². The Morgan fingerprint density at radius 2 is 1.70 bits per heavy atom. The summed E-state index contributed by atoms with van der Waals surface area (Å²) in [6.45, 7) is 3.22. The monoisotopic (exact) mass is 470 g/mol. The Labute approximate surface area is 197 Å². The van der Waals surface area contributed by atoms with E-state index in [1.54, 1.807) is 40.8 Å². The summed E-state index contributed by atoms with van der Waals surface area (Å²) in [5.41, 5.74) is 1.64. The lowest BCUT2D eigenvalue weighted by molar-refractivity contribution is 0.0950. The van der Waals surface area contributed by atoms with Crippen LogP contribution in [0.15, 0.2) is 47.5 Å². The number of anilines is 2. The fraction of sp³-hybridized carbons (Fsp3) is 0.520. The SMILES string of the molecule is O=C(Nc1cccc(S(O)(O)N2CCCCC2)c1)c1cccnc1N1CCC2(CCC2)CC1. The summed E-state index contributed by atoms with van der Waals surface area (Å²) < 4.78 is 23.6. The molecule has 3 aliphatic rings. The van der Waals surface area contributed by atoms with Crippen molar-refractivity contribution in [1.29, 1.82) is 0 Å². The lowest BCUT2D eigenvalue weighted by Gasteiger charge is -2.48. The predicted molar refractivity (Wildman–Crippen MR) is 133 cm³/mol. The van der Waals surface area contributed by atoms with Gasteiger partial charge >= 0.3 is 0 Å². The van der Waals surface area contributed by atoms with Crippen LogP contribution in [0.5, 0.6) is 0 Å². The first kappa shape index (κ1) is 22.7. The molecule has 178 valence electrons. The third kappa shape index (κ3) is 4.62. The fourth-order valence-electron chi connectivity index (χ4n) is 5.41. The average Bonchev–Trinajstić information content (AvgIpc) is 2.84. The number of pyridine rings is 1. The third-order valence-corrected chi connectivity index (χ3v) is 9.62. The maximum absolute atomic E-state index is 13.2. The molecule has 1 amide bonds. The molecule has 8 heteroatoms. The minimum Gasteiger partial charge on any atom is -0.356 e. The Morgan fingerprint density at radius 3 is 2.39 bits per heavy atom. The van der Waals surface area contributed by atoms with Gasteiger partial charge in [-0.2, -0.15) is 0 Å². The van der Waals surface area contributed by atoms with Gasteiger partial charge in [0.1, 0.15) is 5.82 Å². The Balaban J connectivity index is 1.31. The van der Waals surface area contributed by atoms with Crippen LogP contribution in [0.3, 0.4) is 0 Å². The minimum absolute atomic E-state index is 0.228. The smallest absolute Gasteiger partial charge is 0.259 e. The molecule has 0 bridgehead atoms. The lowest BCUT2D eigenvalue weighted by atomic mass is 9.63. The molecule has 1 saturated carbocycles. The first-order chi connectivity index (χ1) is 16.0.